The molecular formula is C12H13N3O5. The minimum Gasteiger partial charge on any atom is -0.480 e. The molecule has 1 fully saturated rings. The molecule has 0 saturated carbocycles. The van der Waals surface area contributed by atoms with Gasteiger partial charge in [0.2, 0.25) is 0 Å². The summed E-state index contributed by atoms with van der Waals surface area (Å²) in [6.45, 7) is 0.359. The summed E-state index contributed by atoms with van der Waals surface area (Å²) in [5.41, 5.74) is 0.124. The van der Waals surface area contributed by atoms with Crippen molar-refractivity contribution in [1.29, 1.82) is 0 Å². The summed E-state index contributed by atoms with van der Waals surface area (Å²) >= 11 is 0. The fourth-order valence-electron chi connectivity index (χ4n) is 2.16. The molecule has 8 nitrogen and oxygen atoms in total. The van der Waals surface area contributed by atoms with Gasteiger partial charge in [-0.25, -0.2) is 9.59 Å². The molecule has 8 heteroatoms. The van der Waals surface area contributed by atoms with Crippen molar-refractivity contribution in [2.75, 3.05) is 11.9 Å². The van der Waals surface area contributed by atoms with E-state index in [1.807, 2.05) is 0 Å². The summed E-state index contributed by atoms with van der Waals surface area (Å²) < 4.78 is 0. The van der Waals surface area contributed by atoms with Crippen molar-refractivity contribution >= 4 is 23.4 Å². The Balaban J connectivity index is 2.09. The van der Waals surface area contributed by atoms with E-state index >= 15 is 0 Å². The zero-order valence-corrected chi connectivity index (χ0v) is 10.5. The van der Waals surface area contributed by atoms with Crippen LogP contribution in [0.25, 0.3) is 0 Å². The van der Waals surface area contributed by atoms with Gasteiger partial charge in [-0.3, -0.25) is 10.1 Å². The zero-order chi connectivity index (χ0) is 14.7. The van der Waals surface area contributed by atoms with Crippen LogP contribution in [0.4, 0.5) is 16.2 Å². The lowest BCUT2D eigenvalue weighted by atomic mass is 10.2. The van der Waals surface area contributed by atoms with E-state index in [9.17, 15) is 19.7 Å². The molecule has 0 radical (unpaired) electrons. The molecule has 1 atom stereocenters. The number of amides is 2. The highest BCUT2D eigenvalue weighted by Crippen LogP contribution is 2.21. The highest BCUT2D eigenvalue weighted by Gasteiger charge is 2.34. The Morgan fingerprint density at radius 2 is 2.20 bits per heavy atom. The second-order valence-corrected chi connectivity index (χ2v) is 4.43. The maximum Gasteiger partial charge on any atom is 0.326 e. The van der Waals surface area contributed by atoms with Gasteiger partial charge in [0.05, 0.1) is 4.92 Å². The first-order chi connectivity index (χ1) is 9.49. The number of rotatable bonds is 3. The number of non-ortho nitro benzene ring substituents is 1. The number of likely N-dealkylation sites (tertiary alicyclic amines) is 1. The molecule has 1 aromatic carbocycles. The fraction of sp³-hybridized carbons (Fsp3) is 0.333. The maximum absolute atomic E-state index is 12.0. The number of nitrogens with zero attached hydrogens (tertiary/aromatic N) is 2. The highest BCUT2D eigenvalue weighted by molar-refractivity contribution is 5.92. The van der Waals surface area contributed by atoms with E-state index in [0.717, 1.165) is 0 Å². The number of carboxylic acid groups (broad SMARTS) is 1. The van der Waals surface area contributed by atoms with Crippen molar-refractivity contribution in [3.63, 3.8) is 0 Å². The van der Waals surface area contributed by atoms with E-state index < -0.39 is 23.0 Å². The minimum atomic E-state index is -1.04. The van der Waals surface area contributed by atoms with Gasteiger partial charge in [0, 0.05) is 24.4 Å². The van der Waals surface area contributed by atoms with Crippen LogP contribution in [0.15, 0.2) is 24.3 Å². The van der Waals surface area contributed by atoms with Crippen molar-refractivity contribution in [3.05, 3.63) is 34.4 Å². The van der Waals surface area contributed by atoms with Crippen LogP contribution in [0, 0.1) is 10.1 Å². The number of carbonyl (C=O) groups excluding carboxylic acids is 1. The van der Waals surface area contributed by atoms with Crippen LogP contribution >= 0.6 is 0 Å². The number of nitro groups is 1. The Labute approximate surface area is 114 Å². The molecular weight excluding hydrogens is 266 g/mol. The number of anilines is 1. The summed E-state index contributed by atoms with van der Waals surface area (Å²) in [4.78, 5) is 34.3. The lowest BCUT2D eigenvalue weighted by Crippen LogP contribution is -2.42. The number of hydrogen-bond donors (Lipinski definition) is 2. The lowest BCUT2D eigenvalue weighted by molar-refractivity contribution is -0.384. The smallest absolute Gasteiger partial charge is 0.326 e. The van der Waals surface area contributed by atoms with E-state index in [-0.39, 0.29) is 11.4 Å². The number of urea groups is 1. The van der Waals surface area contributed by atoms with Crippen LogP contribution in [0.3, 0.4) is 0 Å². The average Bonchev–Trinajstić information content (AvgIpc) is 2.88. The third-order valence-corrected chi connectivity index (χ3v) is 3.11. The summed E-state index contributed by atoms with van der Waals surface area (Å²) in [5, 5.41) is 22.1. The Hall–Kier alpha value is -2.64. The van der Waals surface area contributed by atoms with E-state index in [1.54, 1.807) is 0 Å². The number of benzene rings is 1. The summed E-state index contributed by atoms with van der Waals surface area (Å²) in [5.74, 6) is -1.04. The molecule has 0 spiro atoms. The molecule has 1 aliphatic rings. The molecule has 0 aliphatic carbocycles. The maximum atomic E-state index is 12.0. The first-order valence-corrected chi connectivity index (χ1v) is 6.04. The van der Waals surface area contributed by atoms with Crippen molar-refractivity contribution < 1.29 is 19.6 Å². The number of hydrogen-bond acceptors (Lipinski definition) is 4. The first-order valence-electron chi connectivity index (χ1n) is 6.04. The molecule has 0 unspecified atom stereocenters. The van der Waals surface area contributed by atoms with Gasteiger partial charge in [-0.15, -0.1) is 0 Å². The number of aliphatic carboxylic acids is 1. The molecule has 2 amide bonds. The van der Waals surface area contributed by atoms with Crippen LogP contribution in [-0.4, -0.2) is 39.5 Å². The third-order valence-electron chi connectivity index (χ3n) is 3.11. The monoisotopic (exact) mass is 279 g/mol. The van der Waals surface area contributed by atoms with E-state index in [2.05, 4.69) is 5.32 Å². The second-order valence-electron chi connectivity index (χ2n) is 4.43. The second kappa shape index (κ2) is 5.55. The van der Waals surface area contributed by atoms with Crippen LogP contribution in [0.2, 0.25) is 0 Å². The summed E-state index contributed by atoms with van der Waals surface area (Å²) in [7, 11) is 0. The van der Waals surface area contributed by atoms with Gasteiger partial charge in [0.25, 0.3) is 5.69 Å². The number of carboxylic acids is 1. The van der Waals surface area contributed by atoms with Gasteiger partial charge < -0.3 is 15.3 Å². The molecule has 1 aromatic rings. The van der Waals surface area contributed by atoms with Crippen LogP contribution in [-0.2, 0) is 4.79 Å². The van der Waals surface area contributed by atoms with Crippen molar-refractivity contribution in [3.8, 4) is 0 Å². The van der Waals surface area contributed by atoms with Gasteiger partial charge in [-0.2, -0.15) is 0 Å². The van der Waals surface area contributed by atoms with E-state index in [0.29, 0.717) is 19.4 Å². The molecule has 2 rings (SSSR count). The van der Waals surface area contributed by atoms with Crippen molar-refractivity contribution in [2.45, 2.75) is 18.9 Å². The van der Waals surface area contributed by atoms with Crippen LogP contribution in [0.1, 0.15) is 12.8 Å². The van der Waals surface area contributed by atoms with Crippen molar-refractivity contribution in [1.82, 2.24) is 4.90 Å². The van der Waals surface area contributed by atoms with Gasteiger partial charge in [0.15, 0.2) is 0 Å². The molecule has 1 aliphatic heterocycles. The summed E-state index contributed by atoms with van der Waals surface area (Å²) in [6.07, 6.45) is 1.04. The van der Waals surface area contributed by atoms with Gasteiger partial charge in [-0.05, 0) is 18.9 Å². The first kappa shape index (κ1) is 13.8. The Morgan fingerprint density at radius 1 is 1.45 bits per heavy atom. The van der Waals surface area contributed by atoms with Gasteiger partial charge in [0.1, 0.15) is 6.04 Å². The Bertz CT molecular complexity index is 560. The quantitative estimate of drug-likeness (QED) is 0.645. The standard InChI is InChI=1S/C12H13N3O5/c16-11(17)10-5-2-6-14(10)12(18)13-8-3-1-4-9(7-8)15(19)20/h1,3-4,7,10H,2,5-6H2,(H,13,18)(H,16,17)/t10-/m1/s1. The topological polar surface area (TPSA) is 113 Å². The molecule has 0 aromatic heterocycles. The number of carbonyl (C=O) groups is 2. The lowest BCUT2D eigenvalue weighted by Gasteiger charge is -2.21. The Kier molecular flexibility index (Phi) is 3.83. The fourth-order valence-corrected chi connectivity index (χ4v) is 2.16. The highest BCUT2D eigenvalue weighted by atomic mass is 16.6. The third kappa shape index (κ3) is 2.85. The average molecular weight is 279 g/mol. The molecule has 0 bridgehead atoms. The zero-order valence-electron chi connectivity index (χ0n) is 10.5. The van der Waals surface area contributed by atoms with Gasteiger partial charge in [-0.1, -0.05) is 6.07 Å². The molecule has 2 N–H and O–H groups in total. The molecule has 1 saturated heterocycles. The van der Waals surface area contributed by atoms with Crippen LogP contribution < -0.4 is 5.32 Å². The van der Waals surface area contributed by atoms with Crippen LogP contribution in [0.5, 0.6) is 0 Å². The number of nitrogens with one attached hydrogen (secondary N) is 1. The Morgan fingerprint density at radius 3 is 2.85 bits per heavy atom. The van der Waals surface area contributed by atoms with Gasteiger partial charge >= 0.3 is 12.0 Å². The predicted molar refractivity (Wildman–Crippen MR) is 69.5 cm³/mol. The SMILES string of the molecule is O=C(O)[C@H]1CCCN1C(=O)Nc1cccc([N+](=O)[O-])c1. The predicted octanol–water partition coefficient (Wildman–Crippen LogP) is 1.68. The molecule has 1 heterocycles. The summed E-state index contributed by atoms with van der Waals surface area (Å²) in [6, 6.07) is 4.10. The number of nitro benzene ring substituents is 1. The van der Waals surface area contributed by atoms with Crippen molar-refractivity contribution in [2.24, 2.45) is 0 Å². The largest absolute Gasteiger partial charge is 0.480 e. The minimum absolute atomic E-state index is 0.140. The molecule has 20 heavy (non-hydrogen) atoms. The molecule has 106 valence electrons. The van der Waals surface area contributed by atoms with E-state index in [1.165, 1.54) is 29.2 Å². The normalized spacial score (nSPS) is 17.8. The van der Waals surface area contributed by atoms with E-state index in [4.69, 9.17) is 5.11 Å².